The van der Waals surface area contributed by atoms with Crippen LogP contribution >= 0.6 is 0 Å². The normalized spacial score (nSPS) is 12.0. The summed E-state index contributed by atoms with van der Waals surface area (Å²) >= 11 is 0. The molecule has 0 saturated carbocycles. The van der Waals surface area contributed by atoms with Gasteiger partial charge in [-0.15, -0.1) is 0 Å². The lowest BCUT2D eigenvalue weighted by Crippen LogP contribution is -2.44. The molecule has 6 nitrogen and oxygen atoms in total. The highest BCUT2D eigenvalue weighted by molar-refractivity contribution is 5.79. The Balaban J connectivity index is 4.21. The van der Waals surface area contributed by atoms with E-state index in [0.717, 1.165) is 0 Å². The number of rotatable bonds is 6. The number of hydrogen-bond acceptors (Lipinski definition) is 3. The SMILES string of the molecule is CCN(CC(=O)O)C(=O)N(C)CCC(C)O. The Bertz CT molecular complexity index is 243. The van der Waals surface area contributed by atoms with Gasteiger partial charge < -0.3 is 20.0 Å². The molecule has 94 valence electrons. The molecule has 6 heteroatoms. The third kappa shape index (κ3) is 5.55. The number of aliphatic hydroxyl groups is 1. The van der Waals surface area contributed by atoms with Gasteiger partial charge in [0.2, 0.25) is 0 Å². The molecular formula is C10H20N2O4. The summed E-state index contributed by atoms with van der Waals surface area (Å²) in [7, 11) is 1.59. The predicted octanol–water partition coefficient (Wildman–Crippen LogP) is 0.216. The van der Waals surface area contributed by atoms with Crippen molar-refractivity contribution in [3.8, 4) is 0 Å². The van der Waals surface area contributed by atoms with Crippen LogP contribution in [0.1, 0.15) is 20.3 Å². The van der Waals surface area contributed by atoms with E-state index in [1.165, 1.54) is 9.80 Å². The molecular weight excluding hydrogens is 212 g/mol. The first kappa shape index (κ1) is 14.7. The summed E-state index contributed by atoms with van der Waals surface area (Å²) < 4.78 is 0. The van der Waals surface area contributed by atoms with Crippen LogP contribution in [0.25, 0.3) is 0 Å². The van der Waals surface area contributed by atoms with Crippen LogP contribution in [0, 0.1) is 0 Å². The number of aliphatic carboxylic acids is 1. The van der Waals surface area contributed by atoms with Gasteiger partial charge >= 0.3 is 12.0 Å². The van der Waals surface area contributed by atoms with Gasteiger partial charge in [-0.2, -0.15) is 0 Å². The molecule has 2 amide bonds. The molecule has 0 aliphatic carbocycles. The second kappa shape index (κ2) is 7.05. The van der Waals surface area contributed by atoms with E-state index in [1.807, 2.05) is 0 Å². The number of aliphatic hydroxyl groups excluding tert-OH is 1. The van der Waals surface area contributed by atoms with Gasteiger partial charge in [-0.25, -0.2) is 4.79 Å². The number of carboxylic acids is 1. The van der Waals surface area contributed by atoms with Crippen molar-refractivity contribution in [3.05, 3.63) is 0 Å². The van der Waals surface area contributed by atoms with Crippen LogP contribution in [0.5, 0.6) is 0 Å². The Morgan fingerprint density at radius 3 is 2.31 bits per heavy atom. The average Bonchev–Trinajstić information content (AvgIpc) is 2.21. The number of carbonyl (C=O) groups excluding carboxylic acids is 1. The number of nitrogens with zero attached hydrogens (tertiary/aromatic N) is 2. The highest BCUT2D eigenvalue weighted by Gasteiger charge is 2.18. The smallest absolute Gasteiger partial charge is 0.323 e. The summed E-state index contributed by atoms with van der Waals surface area (Å²) in [5.41, 5.74) is 0. The van der Waals surface area contributed by atoms with Crippen LogP contribution in [-0.4, -0.2) is 64.8 Å². The summed E-state index contributed by atoms with van der Waals surface area (Å²) in [6, 6.07) is -0.328. The molecule has 0 aromatic heterocycles. The van der Waals surface area contributed by atoms with E-state index in [1.54, 1.807) is 20.9 Å². The van der Waals surface area contributed by atoms with Crippen molar-refractivity contribution in [1.82, 2.24) is 9.80 Å². The predicted molar refractivity (Wildman–Crippen MR) is 59.2 cm³/mol. The molecule has 0 aliphatic rings. The third-order valence-corrected chi connectivity index (χ3v) is 2.19. The average molecular weight is 232 g/mol. The lowest BCUT2D eigenvalue weighted by atomic mass is 10.3. The van der Waals surface area contributed by atoms with Crippen LogP contribution in [0.3, 0.4) is 0 Å². The van der Waals surface area contributed by atoms with Gasteiger partial charge in [-0.05, 0) is 20.3 Å². The molecule has 0 fully saturated rings. The van der Waals surface area contributed by atoms with E-state index in [2.05, 4.69) is 0 Å². The Morgan fingerprint density at radius 1 is 1.38 bits per heavy atom. The largest absolute Gasteiger partial charge is 0.480 e. The standard InChI is InChI=1S/C10H20N2O4/c1-4-12(7-9(14)15)10(16)11(3)6-5-8(2)13/h8,13H,4-7H2,1-3H3,(H,14,15). The zero-order chi connectivity index (χ0) is 12.7. The van der Waals surface area contributed by atoms with Gasteiger partial charge in [-0.3, -0.25) is 4.79 Å². The minimum absolute atomic E-state index is 0.297. The molecule has 0 aromatic carbocycles. The molecule has 0 aromatic rings. The molecule has 1 atom stereocenters. The molecule has 1 unspecified atom stereocenters. The fourth-order valence-corrected chi connectivity index (χ4v) is 1.20. The number of amides is 2. The molecule has 0 saturated heterocycles. The van der Waals surface area contributed by atoms with E-state index < -0.39 is 12.1 Å². The van der Waals surface area contributed by atoms with Crippen LogP contribution in [0.15, 0.2) is 0 Å². The van der Waals surface area contributed by atoms with Gasteiger partial charge in [-0.1, -0.05) is 0 Å². The van der Waals surface area contributed by atoms with Crippen molar-refractivity contribution in [2.45, 2.75) is 26.4 Å². The van der Waals surface area contributed by atoms with Crippen molar-refractivity contribution < 1.29 is 19.8 Å². The van der Waals surface area contributed by atoms with Gasteiger partial charge in [0.1, 0.15) is 6.54 Å². The molecule has 2 N–H and O–H groups in total. The molecule has 0 heterocycles. The maximum absolute atomic E-state index is 11.7. The maximum atomic E-state index is 11.7. The summed E-state index contributed by atoms with van der Waals surface area (Å²) in [6.07, 6.45) is 0.0113. The highest BCUT2D eigenvalue weighted by Crippen LogP contribution is 2.00. The summed E-state index contributed by atoms with van der Waals surface area (Å²) in [6.45, 7) is 3.83. The van der Waals surface area contributed by atoms with Crippen molar-refractivity contribution >= 4 is 12.0 Å². The van der Waals surface area contributed by atoms with Crippen molar-refractivity contribution in [1.29, 1.82) is 0 Å². The van der Waals surface area contributed by atoms with Crippen LogP contribution < -0.4 is 0 Å². The number of carbonyl (C=O) groups is 2. The molecule has 16 heavy (non-hydrogen) atoms. The Kier molecular flexibility index (Phi) is 6.48. The van der Waals surface area contributed by atoms with Crippen LogP contribution in [0.2, 0.25) is 0 Å². The molecule has 0 bridgehead atoms. The summed E-state index contributed by atoms with van der Waals surface area (Å²) in [5, 5.41) is 17.7. The van der Waals surface area contributed by atoms with Gasteiger partial charge in [0.15, 0.2) is 0 Å². The number of urea groups is 1. The summed E-state index contributed by atoms with van der Waals surface area (Å²) in [4.78, 5) is 24.9. The first-order valence-electron chi connectivity index (χ1n) is 5.28. The monoisotopic (exact) mass is 232 g/mol. The first-order chi connectivity index (χ1) is 7.38. The lowest BCUT2D eigenvalue weighted by Gasteiger charge is -2.26. The van der Waals surface area contributed by atoms with E-state index >= 15 is 0 Å². The van der Waals surface area contributed by atoms with Crippen molar-refractivity contribution in [2.75, 3.05) is 26.7 Å². The van der Waals surface area contributed by atoms with Crippen LogP contribution in [-0.2, 0) is 4.79 Å². The zero-order valence-corrected chi connectivity index (χ0v) is 10.0. The summed E-state index contributed by atoms with van der Waals surface area (Å²) in [5.74, 6) is -1.03. The third-order valence-electron chi connectivity index (χ3n) is 2.19. The van der Waals surface area contributed by atoms with Gasteiger partial charge in [0.25, 0.3) is 0 Å². The van der Waals surface area contributed by atoms with E-state index in [0.29, 0.717) is 19.5 Å². The van der Waals surface area contributed by atoms with E-state index in [-0.39, 0.29) is 12.6 Å². The minimum atomic E-state index is -1.03. The number of carboxylic acid groups (broad SMARTS) is 1. The fourth-order valence-electron chi connectivity index (χ4n) is 1.20. The number of likely N-dealkylation sites (N-methyl/N-ethyl adjacent to an activating group) is 1. The second-order valence-corrected chi connectivity index (χ2v) is 3.75. The highest BCUT2D eigenvalue weighted by atomic mass is 16.4. The first-order valence-corrected chi connectivity index (χ1v) is 5.28. The topological polar surface area (TPSA) is 81.1 Å². The zero-order valence-electron chi connectivity index (χ0n) is 10.0. The fraction of sp³-hybridized carbons (Fsp3) is 0.800. The van der Waals surface area contributed by atoms with Gasteiger partial charge in [0, 0.05) is 20.1 Å². The van der Waals surface area contributed by atoms with E-state index in [4.69, 9.17) is 10.2 Å². The Labute approximate surface area is 95.5 Å². The Hall–Kier alpha value is -1.30. The molecule has 0 spiro atoms. The second-order valence-electron chi connectivity index (χ2n) is 3.75. The molecule has 0 aliphatic heterocycles. The Morgan fingerprint density at radius 2 is 1.94 bits per heavy atom. The molecule has 0 rings (SSSR count). The molecule has 0 radical (unpaired) electrons. The van der Waals surface area contributed by atoms with Gasteiger partial charge in [0.05, 0.1) is 6.10 Å². The quantitative estimate of drug-likeness (QED) is 0.686. The minimum Gasteiger partial charge on any atom is -0.480 e. The van der Waals surface area contributed by atoms with E-state index in [9.17, 15) is 9.59 Å². The van der Waals surface area contributed by atoms with Crippen molar-refractivity contribution in [3.63, 3.8) is 0 Å². The maximum Gasteiger partial charge on any atom is 0.323 e. The lowest BCUT2D eigenvalue weighted by molar-refractivity contribution is -0.137. The number of hydrogen-bond donors (Lipinski definition) is 2. The van der Waals surface area contributed by atoms with Crippen LogP contribution in [0.4, 0.5) is 4.79 Å². The van der Waals surface area contributed by atoms with Crippen molar-refractivity contribution in [2.24, 2.45) is 0 Å².